The maximum atomic E-state index is 12.7. The van der Waals surface area contributed by atoms with Crippen molar-refractivity contribution in [2.45, 2.75) is 11.9 Å². The van der Waals surface area contributed by atoms with Crippen LogP contribution in [0.3, 0.4) is 0 Å². The van der Waals surface area contributed by atoms with Crippen LogP contribution in [0.5, 0.6) is 5.75 Å². The number of nitrogens with zero attached hydrogens (tertiary/aromatic N) is 3. The molecule has 8 heteroatoms. The number of anilines is 2. The van der Waals surface area contributed by atoms with Gasteiger partial charge in [-0.05, 0) is 37.3 Å². The van der Waals surface area contributed by atoms with E-state index in [0.29, 0.717) is 30.4 Å². The third-order valence-corrected chi connectivity index (χ3v) is 6.05. The first-order chi connectivity index (χ1) is 15.7. The molecule has 0 atom stereocenters. The fourth-order valence-electron chi connectivity index (χ4n) is 3.56. The van der Waals surface area contributed by atoms with Gasteiger partial charge in [0, 0.05) is 24.5 Å². The molecule has 0 saturated carbocycles. The number of benzene rings is 2. The standard InChI is InChI=1S/C24H24N4O3S/c1-2-31-19-8-7-17-13-18(15-25)24(27-21(17)14-19)32-16-23(29)26-20-5-3-4-6-22(20)28-9-11-30-12-10-28/h3-8,13-14H,2,9-12,16H2,1H3,(H,26,29). The van der Waals surface area contributed by atoms with Gasteiger partial charge in [0.2, 0.25) is 5.91 Å². The van der Waals surface area contributed by atoms with Crippen molar-refractivity contribution in [2.75, 3.05) is 48.9 Å². The number of carbonyl (C=O) groups is 1. The molecule has 7 nitrogen and oxygen atoms in total. The molecule has 0 unspecified atom stereocenters. The fourth-order valence-corrected chi connectivity index (χ4v) is 4.32. The molecule has 0 radical (unpaired) electrons. The van der Waals surface area contributed by atoms with Gasteiger partial charge < -0.3 is 19.7 Å². The molecule has 2 aromatic carbocycles. The first-order valence-corrected chi connectivity index (χ1v) is 11.5. The summed E-state index contributed by atoms with van der Waals surface area (Å²) >= 11 is 1.25. The smallest absolute Gasteiger partial charge is 0.234 e. The molecule has 32 heavy (non-hydrogen) atoms. The van der Waals surface area contributed by atoms with Crippen LogP contribution in [-0.4, -0.2) is 49.6 Å². The highest BCUT2D eigenvalue weighted by molar-refractivity contribution is 8.00. The van der Waals surface area contributed by atoms with Crippen molar-refractivity contribution < 1.29 is 14.3 Å². The maximum absolute atomic E-state index is 12.7. The van der Waals surface area contributed by atoms with Crippen molar-refractivity contribution in [2.24, 2.45) is 0 Å². The number of rotatable bonds is 7. The van der Waals surface area contributed by atoms with E-state index in [-0.39, 0.29) is 11.7 Å². The van der Waals surface area contributed by atoms with Crippen LogP contribution in [0.15, 0.2) is 53.6 Å². The van der Waals surface area contributed by atoms with Gasteiger partial charge in [-0.25, -0.2) is 4.98 Å². The highest BCUT2D eigenvalue weighted by atomic mass is 32.2. The number of hydrogen-bond donors (Lipinski definition) is 1. The van der Waals surface area contributed by atoms with E-state index < -0.39 is 0 Å². The van der Waals surface area contributed by atoms with Gasteiger partial charge in [0.05, 0.1) is 48.0 Å². The normalized spacial score (nSPS) is 13.6. The van der Waals surface area contributed by atoms with Crippen LogP contribution in [0.2, 0.25) is 0 Å². The number of pyridine rings is 1. The number of nitrogens with one attached hydrogen (secondary N) is 1. The van der Waals surface area contributed by atoms with Crippen molar-refractivity contribution in [3.8, 4) is 11.8 Å². The predicted molar refractivity (Wildman–Crippen MR) is 126 cm³/mol. The van der Waals surface area contributed by atoms with Crippen LogP contribution >= 0.6 is 11.8 Å². The molecule has 2 heterocycles. The lowest BCUT2D eigenvalue weighted by Crippen LogP contribution is -2.36. The second kappa shape index (κ2) is 10.4. The third-order valence-electron chi connectivity index (χ3n) is 5.06. The minimum absolute atomic E-state index is 0.149. The minimum atomic E-state index is -0.149. The molecule has 1 aromatic heterocycles. The SMILES string of the molecule is CCOc1ccc2cc(C#N)c(SCC(=O)Nc3ccccc3N3CCOCC3)nc2c1. The van der Waals surface area contributed by atoms with E-state index in [0.717, 1.165) is 41.1 Å². The number of thioether (sulfide) groups is 1. The molecule has 1 amide bonds. The van der Waals surface area contributed by atoms with Gasteiger partial charge in [0.25, 0.3) is 0 Å². The van der Waals surface area contributed by atoms with Crippen molar-refractivity contribution >= 4 is 39.9 Å². The van der Waals surface area contributed by atoms with Gasteiger partial charge in [-0.3, -0.25) is 4.79 Å². The van der Waals surface area contributed by atoms with Crippen molar-refractivity contribution in [1.29, 1.82) is 5.26 Å². The predicted octanol–water partition coefficient (Wildman–Crippen LogP) is 4.07. The van der Waals surface area contributed by atoms with Crippen molar-refractivity contribution in [1.82, 2.24) is 4.98 Å². The summed E-state index contributed by atoms with van der Waals surface area (Å²) < 4.78 is 11.0. The monoisotopic (exact) mass is 448 g/mol. The van der Waals surface area contributed by atoms with Crippen LogP contribution in [0.4, 0.5) is 11.4 Å². The molecule has 164 valence electrons. The largest absolute Gasteiger partial charge is 0.494 e. The van der Waals surface area contributed by atoms with E-state index in [2.05, 4.69) is 21.3 Å². The lowest BCUT2D eigenvalue weighted by Gasteiger charge is -2.30. The van der Waals surface area contributed by atoms with Gasteiger partial charge in [0.15, 0.2) is 0 Å². The van der Waals surface area contributed by atoms with Gasteiger partial charge in [-0.1, -0.05) is 23.9 Å². The van der Waals surface area contributed by atoms with Crippen LogP contribution < -0.4 is 15.0 Å². The molecule has 1 saturated heterocycles. The number of fused-ring (bicyclic) bond motifs is 1. The van der Waals surface area contributed by atoms with E-state index >= 15 is 0 Å². The topological polar surface area (TPSA) is 87.5 Å². The Labute approximate surface area is 191 Å². The van der Waals surface area contributed by atoms with Crippen LogP contribution in [0.1, 0.15) is 12.5 Å². The Bertz CT molecular complexity index is 1160. The second-order valence-corrected chi connectivity index (χ2v) is 8.16. The maximum Gasteiger partial charge on any atom is 0.234 e. The molecule has 1 N–H and O–H groups in total. The van der Waals surface area contributed by atoms with E-state index in [4.69, 9.17) is 9.47 Å². The number of hydrogen-bond acceptors (Lipinski definition) is 7. The van der Waals surface area contributed by atoms with Crippen LogP contribution in [0, 0.1) is 11.3 Å². The summed E-state index contributed by atoms with van der Waals surface area (Å²) in [4.78, 5) is 19.5. The van der Waals surface area contributed by atoms with Gasteiger partial charge in [-0.2, -0.15) is 5.26 Å². The van der Waals surface area contributed by atoms with Gasteiger partial charge in [-0.15, -0.1) is 0 Å². The first-order valence-electron chi connectivity index (χ1n) is 10.5. The molecule has 3 aromatic rings. The zero-order valence-corrected chi connectivity index (χ0v) is 18.7. The number of amides is 1. The molecule has 4 rings (SSSR count). The Morgan fingerprint density at radius 3 is 2.84 bits per heavy atom. The number of morpholine rings is 1. The number of aromatic nitrogens is 1. The number of nitriles is 1. The van der Waals surface area contributed by atoms with E-state index in [1.165, 1.54) is 11.8 Å². The summed E-state index contributed by atoms with van der Waals surface area (Å²) in [5.74, 6) is 0.727. The highest BCUT2D eigenvalue weighted by Gasteiger charge is 2.16. The Morgan fingerprint density at radius 2 is 2.06 bits per heavy atom. The molecule has 0 bridgehead atoms. The number of para-hydroxylation sites is 2. The highest BCUT2D eigenvalue weighted by Crippen LogP contribution is 2.29. The number of carbonyl (C=O) groups excluding carboxylic acids is 1. The molecule has 0 spiro atoms. The van der Waals surface area contributed by atoms with Crippen molar-refractivity contribution in [3.05, 3.63) is 54.1 Å². The average molecular weight is 449 g/mol. The average Bonchev–Trinajstić information content (AvgIpc) is 2.83. The summed E-state index contributed by atoms with van der Waals surface area (Å²) in [5.41, 5.74) is 2.94. The molecule has 1 fully saturated rings. The Balaban J connectivity index is 1.48. The van der Waals surface area contributed by atoms with Crippen LogP contribution in [-0.2, 0) is 9.53 Å². The lowest BCUT2D eigenvalue weighted by atomic mass is 10.1. The van der Waals surface area contributed by atoms with Crippen molar-refractivity contribution in [3.63, 3.8) is 0 Å². The molecular formula is C24H24N4O3S. The Morgan fingerprint density at radius 1 is 1.25 bits per heavy atom. The lowest BCUT2D eigenvalue weighted by molar-refractivity contribution is -0.113. The fraction of sp³-hybridized carbons (Fsp3) is 0.292. The van der Waals surface area contributed by atoms with E-state index in [1.54, 1.807) is 6.07 Å². The summed E-state index contributed by atoms with van der Waals surface area (Å²) in [6.07, 6.45) is 0. The zero-order valence-electron chi connectivity index (χ0n) is 17.8. The van der Waals surface area contributed by atoms with Gasteiger partial charge >= 0.3 is 0 Å². The molecule has 1 aliphatic heterocycles. The zero-order chi connectivity index (χ0) is 22.3. The minimum Gasteiger partial charge on any atom is -0.494 e. The summed E-state index contributed by atoms with van der Waals surface area (Å²) in [7, 11) is 0. The first kappa shape index (κ1) is 21.9. The van der Waals surface area contributed by atoms with Gasteiger partial charge in [0.1, 0.15) is 16.8 Å². The Kier molecular flexibility index (Phi) is 7.10. The third kappa shape index (κ3) is 5.13. The summed E-state index contributed by atoms with van der Waals surface area (Å²) in [5, 5.41) is 14.0. The number of ether oxygens (including phenoxy) is 2. The van der Waals surface area contributed by atoms with Crippen LogP contribution in [0.25, 0.3) is 10.9 Å². The molecular weight excluding hydrogens is 424 g/mol. The summed E-state index contributed by atoms with van der Waals surface area (Å²) in [6.45, 7) is 5.42. The molecule has 0 aliphatic carbocycles. The molecule has 1 aliphatic rings. The van der Waals surface area contributed by atoms with E-state index in [1.807, 2.05) is 49.4 Å². The summed E-state index contributed by atoms with van der Waals surface area (Å²) in [6, 6.07) is 17.4. The quantitative estimate of drug-likeness (QED) is 0.545. The van der Waals surface area contributed by atoms with E-state index in [9.17, 15) is 10.1 Å². The second-order valence-electron chi connectivity index (χ2n) is 7.19. The Hall–Kier alpha value is -3.28.